The highest BCUT2D eigenvalue weighted by Gasteiger charge is 2.28. The Balaban J connectivity index is 1.95. The minimum atomic E-state index is 0.0734. The van der Waals surface area contributed by atoms with Gasteiger partial charge in [0, 0.05) is 20.1 Å². The number of ether oxygens (including phenoxy) is 2. The van der Waals surface area contributed by atoms with Gasteiger partial charge in [0.25, 0.3) is 0 Å². The second kappa shape index (κ2) is 9.73. The molecule has 5 nitrogen and oxygen atoms in total. The first-order valence-electron chi connectivity index (χ1n) is 8.71. The third-order valence-electron chi connectivity index (χ3n) is 4.32. The standard InChI is InChI=1S/C18H29NO4/c1-3-15-8-9-17(23-15)16-7-5-4-6-11-19(16)18(20)10-12-22-14-13-21-2/h8-9,16H,3-7,10-14H2,1-2H3/t16-/m0/s1. The number of rotatable bonds is 8. The number of carbonyl (C=O) groups excluding carboxylic acids is 1. The second-order valence-corrected chi connectivity index (χ2v) is 5.97. The van der Waals surface area contributed by atoms with E-state index < -0.39 is 0 Å². The normalized spacial score (nSPS) is 18.9. The Morgan fingerprint density at radius 3 is 2.87 bits per heavy atom. The van der Waals surface area contributed by atoms with E-state index in [1.165, 1.54) is 6.42 Å². The Hall–Kier alpha value is -1.33. The maximum absolute atomic E-state index is 12.6. The summed E-state index contributed by atoms with van der Waals surface area (Å²) >= 11 is 0. The molecule has 1 atom stereocenters. The number of amides is 1. The molecule has 0 spiro atoms. The van der Waals surface area contributed by atoms with E-state index in [0.717, 1.165) is 43.7 Å². The first-order chi connectivity index (χ1) is 11.3. The summed E-state index contributed by atoms with van der Waals surface area (Å²) in [7, 11) is 1.64. The van der Waals surface area contributed by atoms with Crippen LogP contribution in [0.15, 0.2) is 16.5 Å². The summed E-state index contributed by atoms with van der Waals surface area (Å²) in [5.74, 6) is 2.07. The lowest BCUT2D eigenvalue weighted by molar-refractivity contribution is -0.135. The lowest BCUT2D eigenvalue weighted by atomic mass is 10.1. The van der Waals surface area contributed by atoms with Crippen molar-refractivity contribution in [3.63, 3.8) is 0 Å². The number of aryl methyl sites for hydroxylation is 1. The Bertz CT molecular complexity index is 471. The van der Waals surface area contributed by atoms with Crippen molar-refractivity contribution in [2.75, 3.05) is 33.5 Å². The fourth-order valence-corrected chi connectivity index (χ4v) is 3.01. The molecule has 0 unspecified atom stereocenters. The number of nitrogens with zero attached hydrogens (tertiary/aromatic N) is 1. The van der Waals surface area contributed by atoms with Gasteiger partial charge < -0.3 is 18.8 Å². The van der Waals surface area contributed by atoms with E-state index in [9.17, 15) is 4.79 Å². The summed E-state index contributed by atoms with van der Waals surface area (Å²) in [5, 5.41) is 0. The maximum Gasteiger partial charge on any atom is 0.225 e. The molecule has 0 radical (unpaired) electrons. The van der Waals surface area contributed by atoms with E-state index in [0.29, 0.717) is 26.2 Å². The van der Waals surface area contributed by atoms with Crippen LogP contribution in [0, 0.1) is 0 Å². The van der Waals surface area contributed by atoms with E-state index in [4.69, 9.17) is 13.9 Å². The van der Waals surface area contributed by atoms with Gasteiger partial charge in [-0.2, -0.15) is 0 Å². The number of hydrogen-bond donors (Lipinski definition) is 0. The van der Waals surface area contributed by atoms with E-state index >= 15 is 0 Å². The molecular formula is C18H29NO4. The first-order valence-corrected chi connectivity index (χ1v) is 8.71. The lowest BCUT2D eigenvalue weighted by Gasteiger charge is -2.28. The van der Waals surface area contributed by atoms with E-state index in [2.05, 4.69) is 6.92 Å². The largest absolute Gasteiger partial charge is 0.464 e. The number of carbonyl (C=O) groups is 1. The predicted molar refractivity (Wildman–Crippen MR) is 88.3 cm³/mol. The Labute approximate surface area is 138 Å². The summed E-state index contributed by atoms with van der Waals surface area (Å²) in [5.41, 5.74) is 0. The monoisotopic (exact) mass is 323 g/mol. The van der Waals surface area contributed by atoms with Crippen LogP contribution in [0.1, 0.15) is 56.6 Å². The van der Waals surface area contributed by atoms with Crippen LogP contribution in [0.5, 0.6) is 0 Å². The van der Waals surface area contributed by atoms with E-state index in [1.807, 2.05) is 17.0 Å². The summed E-state index contributed by atoms with van der Waals surface area (Å²) in [6, 6.07) is 4.13. The topological polar surface area (TPSA) is 51.9 Å². The maximum atomic E-state index is 12.6. The molecule has 5 heteroatoms. The average Bonchev–Trinajstić information content (AvgIpc) is 2.91. The van der Waals surface area contributed by atoms with Gasteiger partial charge in [0.1, 0.15) is 11.5 Å². The van der Waals surface area contributed by atoms with Crippen molar-refractivity contribution >= 4 is 5.91 Å². The fraction of sp³-hybridized carbons (Fsp3) is 0.722. The van der Waals surface area contributed by atoms with Crippen LogP contribution >= 0.6 is 0 Å². The Kier molecular flexibility index (Phi) is 7.62. The fourth-order valence-electron chi connectivity index (χ4n) is 3.01. The molecule has 2 heterocycles. The van der Waals surface area contributed by atoms with Gasteiger partial charge in [-0.1, -0.05) is 19.8 Å². The predicted octanol–water partition coefficient (Wildman–Crippen LogP) is 3.34. The highest BCUT2D eigenvalue weighted by molar-refractivity contribution is 5.76. The lowest BCUT2D eigenvalue weighted by Crippen LogP contribution is -2.35. The molecule has 1 amide bonds. The average molecular weight is 323 g/mol. The number of likely N-dealkylation sites (tertiary alicyclic amines) is 1. The molecule has 0 bridgehead atoms. The number of hydrogen-bond acceptors (Lipinski definition) is 4. The van der Waals surface area contributed by atoms with Gasteiger partial charge in [-0.3, -0.25) is 4.79 Å². The summed E-state index contributed by atoms with van der Waals surface area (Å²) < 4.78 is 16.3. The molecule has 0 N–H and O–H groups in total. The number of methoxy groups -OCH3 is 1. The first kappa shape index (κ1) is 18.0. The summed E-state index contributed by atoms with van der Waals surface area (Å²) in [6.45, 7) is 4.43. The van der Waals surface area contributed by atoms with Gasteiger partial charge in [0.15, 0.2) is 0 Å². The van der Waals surface area contributed by atoms with Gasteiger partial charge in [-0.15, -0.1) is 0 Å². The van der Waals surface area contributed by atoms with E-state index in [1.54, 1.807) is 7.11 Å². The van der Waals surface area contributed by atoms with Gasteiger partial charge in [-0.05, 0) is 25.0 Å². The molecule has 130 valence electrons. The van der Waals surface area contributed by atoms with Crippen LogP contribution in [-0.2, 0) is 20.7 Å². The zero-order valence-electron chi connectivity index (χ0n) is 14.4. The van der Waals surface area contributed by atoms with Crippen molar-refractivity contribution in [3.05, 3.63) is 23.7 Å². The summed E-state index contributed by atoms with van der Waals surface area (Å²) in [6.07, 6.45) is 5.66. The molecule has 1 aliphatic rings. The third-order valence-corrected chi connectivity index (χ3v) is 4.32. The highest BCUT2D eigenvalue weighted by Crippen LogP contribution is 2.31. The van der Waals surface area contributed by atoms with E-state index in [-0.39, 0.29) is 11.9 Å². The Morgan fingerprint density at radius 2 is 2.13 bits per heavy atom. The zero-order chi connectivity index (χ0) is 16.5. The zero-order valence-corrected chi connectivity index (χ0v) is 14.4. The van der Waals surface area contributed by atoms with Gasteiger partial charge in [0.2, 0.25) is 5.91 Å². The van der Waals surface area contributed by atoms with Gasteiger partial charge in [0.05, 0.1) is 32.3 Å². The second-order valence-electron chi connectivity index (χ2n) is 5.97. The molecule has 0 saturated carbocycles. The van der Waals surface area contributed by atoms with Crippen molar-refractivity contribution in [3.8, 4) is 0 Å². The molecule has 1 aromatic rings. The molecule has 1 saturated heterocycles. The van der Waals surface area contributed by atoms with Gasteiger partial charge in [-0.25, -0.2) is 0 Å². The van der Waals surface area contributed by atoms with Crippen molar-refractivity contribution in [2.45, 2.75) is 51.5 Å². The number of furan rings is 1. The van der Waals surface area contributed by atoms with Gasteiger partial charge >= 0.3 is 0 Å². The van der Waals surface area contributed by atoms with Crippen LogP contribution in [0.3, 0.4) is 0 Å². The molecule has 1 fully saturated rings. The van der Waals surface area contributed by atoms with Crippen LogP contribution < -0.4 is 0 Å². The molecule has 0 aromatic carbocycles. The Morgan fingerprint density at radius 1 is 1.26 bits per heavy atom. The highest BCUT2D eigenvalue weighted by atomic mass is 16.5. The molecular weight excluding hydrogens is 294 g/mol. The van der Waals surface area contributed by atoms with Crippen LogP contribution in [0.25, 0.3) is 0 Å². The van der Waals surface area contributed by atoms with Crippen molar-refractivity contribution in [1.29, 1.82) is 0 Å². The minimum Gasteiger partial charge on any atom is -0.464 e. The molecule has 2 rings (SSSR count). The molecule has 0 aliphatic carbocycles. The smallest absolute Gasteiger partial charge is 0.225 e. The molecule has 1 aromatic heterocycles. The van der Waals surface area contributed by atoms with Crippen molar-refractivity contribution in [2.24, 2.45) is 0 Å². The van der Waals surface area contributed by atoms with Crippen molar-refractivity contribution in [1.82, 2.24) is 4.90 Å². The van der Waals surface area contributed by atoms with Crippen molar-refractivity contribution < 1.29 is 18.7 Å². The van der Waals surface area contributed by atoms with Crippen LogP contribution in [0.2, 0.25) is 0 Å². The van der Waals surface area contributed by atoms with Crippen LogP contribution in [-0.4, -0.2) is 44.3 Å². The summed E-state index contributed by atoms with van der Waals surface area (Å²) in [4.78, 5) is 14.6. The SMILES string of the molecule is CCc1ccc([C@@H]2CCCCCN2C(=O)CCOCCOC)o1. The quantitative estimate of drug-likeness (QED) is 0.689. The molecule has 1 aliphatic heterocycles. The third kappa shape index (κ3) is 5.36. The van der Waals surface area contributed by atoms with Crippen LogP contribution in [0.4, 0.5) is 0 Å². The minimum absolute atomic E-state index is 0.0734. The molecule has 23 heavy (non-hydrogen) atoms.